The largest absolute Gasteiger partial charge is 0.498 e. The van der Waals surface area contributed by atoms with E-state index in [1.165, 1.54) is 43.4 Å². The van der Waals surface area contributed by atoms with Crippen LogP contribution in [0.5, 0.6) is 0 Å². The van der Waals surface area contributed by atoms with Gasteiger partial charge in [0.1, 0.15) is 5.60 Å². The highest BCUT2D eigenvalue weighted by molar-refractivity contribution is 5.69. The minimum Gasteiger partial charge on any atom is -0.498 e. The lowest BCUT2D eigenvalue weighted by molar-refractivity contribution is -0.177. The quantitative estimate of drug-likeness (QED) is 0.585. The zero-order valence-corrected chi connectivity index (χ0v) is 17.6. The molecule has 4 aliphatic carbocycles. The van der Waals surface area contributed by atoms with Crippen LogP contribution in [0.25, 0.3) is 0 Å². The third-order valence-corrected chi connectivity index (χ3v) is 8.58. The molecule has 0 heterocycles. The molecule has 0 saturated heterocycles. The van der Waals surface area contributed by atoms with Crippen molar-refractivity contribution in [1.29, 1.82) is 0 Å². The Morgan fingerprint density at radius 1 is 1.15 bits per heavy atom. The molecule has 0 aromatic carbocycles. The minimum absolute atomic E-state index is 0.0341. The first-order valence-electron chi connectivity index (χ1n) is 11.2. The first-order valence-corrected chi connectivity index (χ1v) is 11.2. The Morgan fingerprint density at radius 2 is 1.96 bits per heavy atom. The summed E-state index contributed by atoms with van der Waals surface area (Å²) < 4.78 is 11.9. The second-order valence-electron chi connectivity index (χ2n) is 9.62. The summed E-state index contributed by atoms with van der Waals surface area (Å²) in [4.78, 5) is 12.1. The Bertz CT molecular complexity index is 663. The van der Waals surface area contributed by atoms with E-state index in [0.29, 0.717) is 18.3 Å². The van der Waals surface area contributed by atoms with Gasteiger partial charge in [0.2, 0.25) is 0 Å². The van der Waals surface area contributed by atoms with Crippen molar-refractivity contribution in [3.8, 4) is 0 Å². The molecule has 0 amide bonds. The van der Waals surface area contributed by atoms with E-state index in [1.54, 1.807) is 0 Å². The van der Waals surface area contributed by atoms with Crippen molar-refractivity contribution in [2.24, 2.45) is 29.1 Å². The molecule has 6 atom stereocenters. The van der Waals surface area contributed by atoms with Crippen molar-refractivity contribution in [3.05, 3.63) is 23.5 Å². The molecule has 150 valence electrons. The predicted molar refractivity (Wildman–Crippen MR) is 107 cm³/mol. The number of carbonyl (C=O) groups is 1. The molecule has 3 heteroatoms. The van der Waals surface area contributed by atoms with E-state index >= 15 is 0 Å². The van der Waals surface area contributed by atoms with Crippen LogP contribution < -0.4 is 0 Å². The summed E-state index contributed by atoms with van der Waals surface area (Å²) in [6, 6.07) is 0. The topological polar surface area (TPSA) is 35.5 Å². The second-order valence-corrected chi connectivity index (χ2v) is 9.62. The summed E-state index contributed by atoms with van der Waals surface area (Å²) in [7, 11) is 0. The summed E-state index contributed by atoms with van der Waals surface area (Å²) in [5.41, 5.74) is 1.38. The fraction of sp³-hybridized carbons (Fsp3) is 0.792. The van der Waals surface area contributed by atoms with Crippen molar-refractivity contribution in [3.63, 3.8) is 0 Å². The van der Waals surface area contributed by atoms with Gasteiger partial charge in [0.25, 0.3) is 0 Å². The first kappa shape index (κ1) is 19.1. The molecule has 4 rings (SSSR count). The number of esters is 1. The molecule has 0 N–H and O–H groups in total. The van der Waals surface area contributed by atoms with E-state index in [4.69, 9.17) is 9.47 Å². The summed E-state index contributed by atoms with van der Waals surface area (Å²) in [6.45, 7) is 9.37. The van der Waals surface area contributed by atoms with Crippen molar-refractivity contribution in [2.75, 3.05) is 6.61 Å². The fourth-order valence-electron chi connectivity index (χ4n) is 6.94. The highest BCUT2D eigenvalue weighted by Crippen LogP contribution is 2.65. The summed E-state index contributed by atoms with van der Waals surface area (Å²) in [5.74, 6) is 4.09. The predicted octanol–water partition coefficient (Wildman–Crippen LogP) is 5.80. The summed E-state index contributed by atoms with van der Waals surface area (Å²) in [5, 5.41) is 0. The van der Waals surface area contributed by atoms with Gasteiger partial charge in [-0.2, -0.15) is 0 Å². The maximum absolute atomic E-state index is 12.1. The van der Waals surface area contributed by atoms with Gasteiger partial charge in [0.15, 0.2) is 0 Å². The smallest absolute Gasteiger partial charge is 0.306 e. The molecule has 0 bridgehead atoms. The van der Waals surface area contributed by atoms with Crippen LogP contribution in [0, 0.1) is 29.1 Å². The van der Waals surface area contributed by atoms with E-state index < -0.39 is 0 Å². The monoisotopic (exact) mass is 372 g/mol. The molecule has 0 aromatic heterocycles. The normalized spacial score (nSPS) is 43.0. The SMILES string of the molecule is CCOC1=CC2=CC[C@@H]3[C@H](CC[C@]4(C)[C@@H]3CC[C@@]4(C)OC(=O)CC)[C@@H]2CC1. The number of allylic oxidation sites excluding steroid dienone is 4. The van der Waals surface area contributed by atoms with Crippen molar-refractivity contribution in [1.82, 2.24) is 0 Å². The highest BCUT2D eigenvalue weighted by atomic mass is 16.6. The van der Waals surface area contributed by atoms with Gasteiger partial charge in [0, 0.05) is 18.3 Å². The Kier molecular flexibility index (Phi) is 4.93. The van der Waals surface area contributed by atoms with Crippen molar-refractivity contribution < 1.29 is 14.3 Å². The van der Waals surface area contributed by atoms with Crippen LogP contribution in [-0.2, 0) is 14.3 Å². The molecule has 0 spiro atoms. The minimum atomic E-state index is -0.283. The van der Waals surface area contributed by atoms with Gasteiger partial charge in [-0.15, -0.1) is 0 Å². The maximum Gasteiger partial charge on any atom is 0.306 e. The Morgan fingerprint density at radius 3 is 2.70 bits per heavy atom. The molecule has 0 unspecified atom stereocenters. The summed E-state index contributed by atoms with van der Waals surface area (Å²) in [6.07, 6.45) is 13.5. The second kappa shape index (κ2) is 6.97. The van der Waals surface area contributed by atoms with Gasteiger partial charge in [0.05, 0.1) is 12.4 Å². The number of ether oxygens (including phenoxy) is 2. The van der Waals surface area contributed by atoms with Gasteiger partial charge in [-0.3, -0.25) is 4.79 Å². The molecule has 3 nitrogen and oxygen atoms in total. The Hall–Kier alpha value is -1.25. The lowest BCUT2D eigenvalue weighted by Gasteiger charge is -2.55. The zero-order chi connectivity index (χ0) is 19.2. The average molecular weight is 373 g/mol. The van der Waals surface area contributed by atoms with E-state index in [1.807, 2.05) is 6.92 Å². The van der Waals surface area contributed by atoms with Crippen LogP contribution in [-0.4, -0.2) is 18.2 Å². The van der Waals surface area contributed by atoms with Crippen LogP contribution in [0.3, 0.4) is 0 Å². The van der Waals surface area contributed by atoms with E-state index in [2.05, 4.69) is 32.9 Å². The van der Waals surface area contributed by atoms with E-state index in [0.717, 1.165) is 31.3 Å². The average Bonchev–Trinajstić information content (AvgIpc) is 2.92. The van der Waals surface area contributed by atoms with Crippen LogP contribution in [0.1, 0.15) is 79.1 Å². The number of hydrogen-bond donors (Lipinski definition) is 0. The first-order chi connectivity index (χ1) is 12.9. The molecule has 4 aliphatic rings. The van der Waals surface area contributed by atoms with Gasteiger partial charge in [-0.1, -0.05) is 19.9 Å². The lowest BCUT2D eigenvalue weighted by atomic mass is 9.51. The van der Waals surface area contributed by atoms with Gasteiger partial charge >= 0.3 is 5.97 Å². The molecular weight excluding hydrogens is 336 g/mol. The van der Waals surface area contributed by atoms with Crippen LogP contribution >= 0.6 is 0 Å². The van der Waals surface area contributed by atoms with Crippen LogP contribution in [0.15, 0.2) is 23.5 Å². The third-order valence-electron chi connectivity index (χ3n) is 8.58. The Balaban J connectivity index is 1.57. The zero-order valence-electron chi connectivity index (χ0n) is 17.6. The number of carbonyl (C=O) groups excluding carboxylic acids is 1. The molecule has 2 saturated carbocycles. The molecular formula is C24H36O3. The van der Waals surface area contributed by atoms with E-state index in [9.17, 15) is 4.79 Å². The molecule has 2 fully saturated rings. The van der Waals surface area contributed by atoms with Crippen molar-refractivity contribution in [2.45, 2.75) is 84.7 Å². The highest BCUT2D eigenvalue weighted by Gasteiger charge is 2.62. The van der Waals surface area contributed by atoms with Crippen LogP contribution in [0.4, 0.5) is 0 Å². The number of rotatable bonds is 4. The van der Waals surface area contributed by atoms with Gasteiger partial charge in [-0.05, 0) is 87.7 Å². The van der Waals surface area contributed by atoms with Crippen molar-refractivity contribution >= 4 is 5.97 Å². The molecule has 0 radical (unpaired) electrons. The van der Waals surface area contributed by atoms with E-state index in [-0.39, 0.29) is 17.0 Å². The third kappa shape index (κ3) is 2.96. The summed E-state index contributed by atoms with van der Waals surface area (Å²) >= 11 is 0. The van der Waals surface area contributed by atoms with Gasteiger partial charge in [-0.25, -0.2) is 0 Å². The molecule has 27 heavy (non-hydrogen) atoms. The number of fused-ring (bicyclic) bond motifs is 5. The fourth-order valence-corrected chi connectivity index (χ4v) is 6.94. The maximum atomic E-state index is 12.1. The van der Waals surface area contributed by atoms with Gasteiger partial charge < -0.3 is 9.47 Å². The standard InChI is InChI=1S/C24H36O3/c1-5-22(25)27-24(4)14-12-21-20-9-7-16-15-17(26-6-2)8-10-18(16)19(20)11-13-23(21,24)3/h7,15,18-21H,5-6,8-14H2,1-4H3/t18-,19-,20-,21-,23-,24-/m1/s1. The Labute approximate surface area is 164 Å². The lowest BCUT2D eigenvalue weighted by Crippen LogP contribution is -2.52. The number of hydrogen-bond acceptors (Lipinski definition) is 3. The molecule has 0 aromatic rings. The molecule has 0 aliphatic heterocycles. The van der Waals surface area contributed by atoms with Crippen LogP contribution in [0.2, 0.25) is 0 Å².